The molecule has 1 unspecified atom stereocenters. The Morgan fingerprint density at radius 2 is 2.24 bits per heavy atom. The minimum absolute atomic E-state index is 0.226. The lowest BCUT2D eigenvalue weighted by atomic mass is 9.98. The van der Waals surface area contributed by atoms with E-state index in [9.17, 15) is 4.39 Å². The van der Waals surface area contributed by atoms with Crippen molar-refractivity contribution in [2.24, 2.45) is 5.84 Å². The normalized spacial score (nSPS) is 14.6. The molecule has 0 fully saturated rings. The minimum Gasteiger partial charge on any atom is -0.493 e. The summed E-state index contributed by atoms with van der Waals surface area (Å²) >= 11 is 3.52. The maximum Gasteiger partial charge on any atom is 0.141 e. The summed E-state index contributed by atoms with van der Waals surface area (Å²) in [6.45, 7) is 0.695. The SMILES string of the molecule is NNC(Cc1cc(Br)cc2c1OCC2)c1cncc(F)c1. The van der Waals surface area contributed by atoms with Crippen LogP contribution >= 0.6 is 15.9 Å². The number of nitrogens with one attached hydrogen (secondary N) is 1. The van der Waals surface area contributed by atoms with Crippen LogP contribution in [0.3, 0.4) is 0 Å². The van der Waals surface area contributed by atoms with Gasteiger partial charge < -0.3 is 4.74 Å². The van der Waals surface area contributed by atoms with Gasteiger partial charge in [-0.2, -0.15) is 0 Å². The zero-order valence-corrected chi connectivity index (χ0v) is 12.9. The van der Waals surface area contributed by atoms with Crippen LogP contribution in [0.1, 0.15) is 22.7 Å². The number of aromatic nitrogens is 1. The molecule has 1 atom stereocenters. The van der Waals surface area contributed by atoms with Gasteiger partial charge in [0.05, 0.1) is 18.8 Å². The second-order valence-corrected chi connectivity index (χ2v) is 5.93. The van der Waals surface area contributed by atoms with Gasteiger partial charge in [-0.3, -0.25) is 16.3 Å². The monoisotopic (exact) mass is 351 g/mol. The molecule has 0 spiro atoms. The Balaban J connectivity index is 1.91. The van der Waals surface area contributed by atoms with E-state index in [0.29, 0.717) is 18.6 Å². The largest absolute Gasteiger partial charge is 0.493 e. The predicted molar refractivity (Wildman–Crippen MR) is 81.3 cm³/mol. The maximum absolute atomic E-state index is 13.3. The average Bonchev–Trinajstić information content (AvgIpc) is 2.92. The fraction of sp³-hybridized carbons (Fsp3) is 0.267. The highest BCUT2D eigenvalue weighted by molar-refractivity contribution is 9.10. The van der Waals surface area contributed by atoms with E-state index in [4.69, 9.17) is 10.6 Å². The molecule has 21 heavy (non-hydrogen) atoms. The van der Waals surface area contributed by atoms with Crippen LogP contribution in [0, 0.1) is 5.82 Å². The first kappa shape index (κ1) is 14.4. The van der Waals surface area contributed by atoms with Crippen molar-refractivity contribution in [3.8, 4) is 5.75 Å². The molecular weight excluding hydrogens is 337 g/mol. The van der Waals surface area contributed by atoms with Crippen molar-refractivity contribution in [2.45, 2.75) is 18.9 Å². The highest BCUT2D eigenvalue weighted by Gasteiger charge is 2.21. The number of halogens is 2. The molecule has 6 heteroatoms. The Labute approximate surface area is 130 Å². The topological polar surface area (TPSA) is 60.2 Å². The predicted octanol–water partition coefficient (Wildman–Crippen LogP) is 2.67. The minimum atomic E-state index is -0.372. The van der Waals surface area contributed by atoms with Crippen molar-refractivity contribution in [1.29, 1.82) is 0 Å². The van der Waals surface area contributed by atoms with Crippen LogP contribution in [0.4, 0.5) is 4.39 Å². The standard InChI is InChI=1S/C15H15BrFN3O/c16-12-3-9-1-2-21-15(9)10(4-12)6-14(20-18)11-5-13(17)8-19-7-11/h3-5,7-8,14,20H,1-2,6,18H2. The smallest absolute Gasteiger partial charge is 0.141 e. The van der Waals surface area contributed by atoms with E-state index in [1.54, 1.807) is 6.20 Å². The van der Waals surface area contributed by atoms with Gasteiger partial charge in [0.25, 0.3) is 0 Å². The summed E-state index contributed by atoms with van der Waals surface area (Å²) in [4.78, 5) is 3.87. The maximum atomic E-state index is 13.3. The Bertz CT molecular complexity index is 665. The van der Waals surface area contributed by atoms with E-state index in [1.165, 1.54) is 17.8 Å². The number of hydrogen-bond acceptors (Lipinski definition) is 4. The number of nitrogens with two attached hydrogens (primary N) is 1. The fourth-order valence-electron chi connectivity index (χ4n) is 2.61. The van der Waals surface area contributed by atoms with Gasteiger partial charge in [-0.05, 0) is 41.3 Å². The first-order chi connectivity index (χ1) is 10.2. The van der Waals surface area contributed by atoms with Crippen LogP contribution in [0.2, 0.25) is 0 Å². The lowest BCUT2D eigenvalue weighted by Crippen LogP contribution is -2.29. The number of fused-ring (bicyclic) bond motifs is 1. The molecule has 1 aromatic heterocycles. The van der Waals surface area contributed by atoms with Gasteiger partial charge in [0, 0.05) is 17.1 Å². The quantitative estimate of drug-likeness (QED) is 0.656. The lowest BCUT2D eigenvalue weighted by Gasteiger charge is -2.18. The second-order valence-electron chi connectivity index (χ2n) is 5.01. The zero-order chi connectivity index (χ0) is 14.8. The second kappa shape index (κ2) is 6.09. The van der Waals surface area contributed by atoms with Crippen molar-refractivity contribution in [3.63, 3.8) is 0 Å². The molecule has 1 aliphatic rings. The number of hydrazine groups is 1. The molecular formula is C15H15BrFN3O. The van der Waals surface area contributed by atoms with Crippen molar-refractivity contribution in [1.82, 2.24) is 10.4 Å². The van der Waals surface area contributed by atoms with Gasteiger partial charge in [0.2, 0.25) is 0 Å². The molecule has 4 nitrogen and oxygen atoms in total. The number of pyridine rings is 1. The van der Waals surface area contributed by atoms with Crippen LogP contribution in [-0.4, -0.2) is 11.6 Å². The van der Waals surface area contributed by atoms with Crippen molar-refractivity contribution >= 4 is 15.9 Å². The summed E-state index contributed by atoms with van der Waals surface area (Å²) in [6, 6.07) is 5.30. The zero-order valence-electron chi connectivity index (χ0n) is 11.3. The summed E-state index contributed by atoms with van der Waals surface area (Å²) in [5, 5.41) is 0. The molecule has 1 aromatic carbocycles. The molecule has 2 heterocycles. The van der Waals surface area contributed by atoms with Crippen LogP contribution in [-0.2, 0) is 12.8 Å². The molecule has 2 aromatic rings. The van der Waals surface area contributed by atoms with Crippen molar-refractivity contribution < 1.29 is 9.13 Å². The Morgan fingerprint density at radius 3 is 3.00 bits per heavy atom. The molecule has 0 aliphatic carbocycles. The van der Waals surface area contributed by atoms with Crippen LogP contribution in [0.15, 0.2) is 35.1 Å². The third-order valence-electron chi connectivity index (χ3n) is 3.58. The van der Waals surface area contributed by atoms with Gasteiger partial charge in [0.1, 0.15) is 11.6 Å². The van der Waals surface area contributed by atoms with Gasteiger partial charge in [-0.25, -0.2) is 4.39 Å². The van der Waals surface area contributed by atoms with Crippen LogP contribution in [0.25, 0.3) is 0 Å². The molecule has 110 valence electrons. The van der Waals surface area contributed by atoms with E-state index in [-0.39, 0.29) is 11.9 Å². The third kappa shape index (κ3) is 3.07. The third-order valence-corrected chi connectivity index (χ3v) is 4.04. The molecule has 3 rings (SSSR count). The van der Waals surface area contributed by atoms with Crippen LogP contribution < -0.4 is 16.0 Å². The lowest BCUT2D eigenvalue weighted by molar-refractivity contribution is 0.351. The van der Waals surface area contributed by atoms with Gasteiger partial charge in [0.15, 0.2) is 0 Å². The molecule has 0 radical (unpaired) electrons. The average molecular weight is 352 g/mol. The first-order valence-corrected chi connectivity index (χ1v) is 7.47. The molecule has 1 aliphatic heterocycles. The van der Waals surface area contributed by atoms with Crippen LogP contribution in [0.5, 0.6) is 5.75 Å². The van der Waals surface area contributed by atoms with E-state index >= 15 is 0 Å². The summed E-state index contributed by atoms with van der Waals surface area (Å²) in [5.74, 6) is 6.18. The number of rotatable bonds is 4. The molecule has 0 saturated carbocycles. The summed E-state index contributed by atoms with van der Waals surface area (Å²) < 4.78 is 20.0. The molecule has 0 saturated heterocycles. The first-order valence-electron chi connectivity index (χ1n) is 6.68. The highest BCUT2D eigenvalue weighted by atomic mass is 79.9. The number of nitrogens with zero attached hydrogens (tertiary/aromatic N) is 1. The Morgan fingerprint density at radius 1 is 1.38 bits per heavy atom. The number of benzene rings is 1. The van der Waals surface area contributed by atoms with Gasteiger partial charge >= 0.3 is 0 Å². The van der Waals surface area contributed by atoms with E-state index in [0.717, 1.165) is 22.2 Å². The number of ether oxygens (including phenoxy) is 1. The highest BCUT2D eigenvalue weighted by Crippen LogP contribution is 2.35. The summed E-state index contributed by atoms with van der Waals surface area (Å²) in [5.41, 5.74) is 5.67. The van der Waals surface area contributed by atoms with E-state index in [1.807, 2.05) is 6.07 Å². The van der Waals surface area contributed by atoms with E-state index in [2.05, 4.69) is 32.4 Å². The summed E-state index contributed by atoms with van der Waals surface area (Å²) in [7, 11) is 0. The molecule has 3 N–H and O–H groups in total. The Kier molecular flexibility index (Phi) is 4.19. The van der Waals surface area contributed by atoms with Crippen molar-refractivity contribution in [2.75, 3.05) is 6.61 Å². The van der Waals surface area contributed by atoms with Gasteiger partial charge in [-0.1, -0.05) is 15.9 Å². The van der Waals surface area contributed by atoms with Gasteiger partial charge in [-0.15, -0.1) is 0 Å². The molecule has 0 amide bonds. The van der Waals surface area contributed by atoms with Crippen molar-refractivity contribution in [3.05, 3.63) is 57.6 Å². The van der Waals surface area contributed by atoms with E-state index < -0.39 is 0 Å². The summed E-state index contributed by atoms with van der Waals surface area (Å²) in [6.07, 6.45) is 4.30. The molecule has 0 bridgehead atoms. The fourth-order valence-corrected chi connectivity index (χ4v) is 3.16. The Hall–Kier alpha value is -1.50. The number of hydrogen-bond donors (Lipinski definition) is 2.